The van der Waals surface area contributed by atoms with Crippen molar-refractivity contribution in [2.24, 2.45) is 5.41 Å². The third-order valence-corrected chi connectivity index (χ3v) is 7.99. The first kappa shape index (κ1) is 6.51. The molecule has 48 valence electrons. The van der Waals surface area contributed by atoms with Crippen LogP contribution in [-0.4, -0.2) is 19.4 Å². The first-order valence-corrected chi connectivity index (χ1v) is 6.83. The fourth-order valence-corrected chi connectivity index (χ4v) is 5.87. The van der Waals surface area contributed by atoms with Crippen LogP contribution in [0.5, 0.6) is 0 Å². The van der Waals surface area contributed by atoms with Gasteiger partial charge in [-0.05, 0) is 17.5 Å². The van der Waals surface area contributed by atoms with Gasteiger partial charge in [-0.1, -0.05) is 13.8 Å². The van der Waals surface area contributed by atoms with E-state index in [0.29, 0.717) is 0 Å². The van der Waals surface area contributed by atoms with E-state index in [1.54, 1.807) is 0 Å². The van der Waals surface area contributed by atoms with Crippen molar-refractivity contribution in [1.82, 2.24) is 4.65 Å². The van der Waals surface area contributed by atoms with Crippen molar-refractivity contribution in [3.8, 4) is 0 Å². The Balaban J connectivity index is 2.33. The lowest BCUT2D eigenvalue weighted by Gasteiger charge is -2.28. The molecular weight excluding hydrogens is 130 g/mol. The molecule has 0 aromatic heterocycles. The molecule has 0 saturated carbocycles. The highest BCUT2D eigenvalue weighted by Crippen LogP contribution is 2.26. The van der Waals surface area contributed by atoms with Gasteiger partial charge in [-0.15, -0.1) is 0 Å². The average Bonchev–Trinajstić information content (AvgIpc) is 1.65. The molecule has 1 aliphatic heterocycles. The van der Waals surface area contributed by atoms with E-state index in [9.17, 15) is 0 Å². The molecule has 1 fully saturated rings. The maximum atomic E-state index is 3.62. The second kappa shape index (κ2) is 2.33. The molecule has 1 N–H and O–H groups in total. The molecule has 0 unspecified atom stereocenters. The highest BCUT2D eigenvalue weighted by molar-refractivity contribution is 6.52. The van der Waals surface area contributed by atoms with E-state index < -0.39 is 0 Å². The minimum atomic E-state index is 0.216. The van der Waals surface area contributed by atoms with Gasteiger partial charge in [-0.3, -0.25) is 0 Å². The molecule has 1 saturated heterocycles. The van der Waals surface area contributed by atoms with Crippen LogP contribution < -0.4 is 4.65 Å². The van der Waals surface area contributed by atoms with Crippen molar-refractivity contribution < 1.29 is 0 Å². The SMILES string of the molecule is CC1(C)C[SiH2]N[SiH2]C1. The van der Waals surface area contributed by atoms with Crippen LogP contribution in [0.25, 0.3) is 0 Å². The third kappa shape index (κ3) is 1.72. The normalized spacial score (nSPS) is 33.8. The van der Waals surface area contributed by atoms with Gasteiger partial charge in [0.2, 0.25) is 0 Å². The summed E-state index contributed by atoms with van der Waals surface area (Å²) in [5.74, 6) is 0. The van der Waals surface area contributed by atoms with E-state index in [4.69, 9.17) is 0 Å². The Morgan fingerprint density at radius 1 is 1.25 bits per heavy atom. The number of nitrogens with one attached hydrogen (secondary N) is 1. The van der Waals surface area contributed by atoms with Crippen LogP contribution in [0.3, 0.4) is 0 Å². The van der Waals surface area contributed by atoms with Gasteiger partial charge in [0.05, 0.1) is 19.4 Å². The fourth-order valence-electron chi connectivity index (χ4n) is 1.10. The molecule has 1 aliphatic rings. The minimum absolute atomic E-state index is 0.216. The molecule has 8 heavy (non-hydrogen) atoms. The van der Waals surface area contributed by atoms with E-state index in [-0.39, 0.29) is 19.4 Å². The summed E-state index contributed by atoms with van der Waals surface area (Å²) < 4.78 is 3.62. The Labute approximate surface area is 56.1 Å². The van der Waals surface area contributed by atoms with Crippen LogP contribution in [0.4, 0.5) is 0 Å². The van der Waals surface area contributed by atoms with Crippen molar-refractivity contribution in [2.45, 2.75) is 25.9 Å². The predicted octanol–water partition coefficient (Wildman–Crippen LogP) is -0.380. The van der Waals surface area contributed by atoms with Crippen molar-refractivity contribution >= 4 is 19.4 Å². The monoisotopic (exact) mass is 145 g/mol. The average molecular weight is 145 g/mol. The molecule has 0 atom stereocenters. The maximum Gasteiger partial charge on any atom is 0.0850 e. The second-order valence-corrected chi connectivity index (χ2v) is 7.41. The number of hydrogen-bond acceptors (Lipinski definition) is 1. The van der Waals surface area contributed by atoms with E-state index in [2.05, 4.69) is 18.5 Å². The van der Waals surface area contributed by atoms with Crippen LogP contribution in [0, 0.1) is 5.41 Å². The summed E-state index contributed by atoms with van der Waals surface area (Å²) in [6.07, 6.45) is 0. The van der Waals surface area contributed by atoms with Gasteiger partial charge in [-0.25, -0.2) is 0 Å². The van der Waals surface area contributed by atoms with E-state index in [0.717, 1.165) is 5.41 Å². The molecular formula is C5H15NSi2. The fraction of sp³-hybridized carbons (Fsp3) is 1.00. The van der Waals surface area contributed by atoms with Gasteiger partial charge in [0.1, 0.15) is 0 Å². The summed E-state index contributed by atoms with van der Waals surface area (Å²) in [6.45, 7) is 4.82. The van der Waals surface area contributed by atoms with E-state index in [1.165, 1.54) is 12.1 Å². The van der Waals surface area contributed by atoms with Crippen molar-refractivity contribution in [1.29, 1.82) is 0 Å². The molecule has 1 nitrogen and oxygen atoms in total. The van der Waals surface area contributed by atoms with E-state index >= 15 is 0 Å². The van der Waals surface area contributed by atoms with E-state index in [1.807, 2.05) is 0 Å². The Morgan fingerprint density at radius 3 is 2.00 bits per heavy atom. The summed E-state index contributed by atoms with van der Waals surface area (Å²) in [5, 5.41) is 0. The molecule has 1 heterocycles. The summed E-state index contributed by atoms with van der Waals surface area (Å²) in [6, 6.07) is 3.03. The minimum Gasteiger partial charge on any atom is -0.369 e. The Morgan fingerprint density at radius 2 is 1.75 bits per heavy atom. The first-order valence-electron chi connectivity index (χ1n) is 3.41. The summed E-state index contributed by atoms with van der Waals surface area (Å²) in [5.41, 5.74) is 0.740. The Kier molecular flexibility index (Phi) is 1.90. The lowest BCUT2D eigenvalue weighted by molar-refractivity contribution is 0.456. The van der Waals surface area contributed by atoms with Gasteiger partial charge in [-0.2, -0.15) is 0 Å². The standard InChI is InChI=1S/C5H15NSi2/c1-5(2)3-7-6-8-4-5/h6H,3-4,7-8H2,1-2H3. The molecule has 0 radical (unpaired) electrons. The molecule has 0 amide bonds. The summed E-state index contributed by atoms with van der Waals surface area (Å²) in [4.78, 5) is 0. The highest BCUT2D eigenvalue weighted by atomic mass is 28.3. The molecule has 0 bridgehead atoms. The van der Waals surface area contributed by atoms with Crippen molar-refractivity contribution in [3.05, 3.63) is 0 Å². The van der Waals surface area contributed by atoms with Crippen molar-refractivity contribution in [3.63, 3.8) is 0 Å². The van der Waals surface area contributed by atoms with Crippen LogP contribution in [0.2, 0.25) is 12.1 Å². The van der Waals surface area contributed by atoms with Gasteiger partial charge in [0, 0.05) is 0 Å². The summed E-state index contributed by atoms with van der Waals surface area (Å²) >= 11 is 0. The summed E-state index contributed by atoms with van der Waals surface area (Å²) in [7, 11) is 0.432. The lowest BCUT2D eigenvalue weighted by Crippen LogP contribution is -2.36. The Bertz CT molecular complexity index is 74.5. The quantitative estimate of drug-likeness (QED) is 0.458. The molecule has 0 spiro atoms. The molecule has 1 rings (SSSR count). The predicted molar refractivity (Wildman–Crippen MR) is 43.6 cm³/mol. The zero-order valence-electron chi connectivity index (χ0n) is 5.83. The van der Waals surface area contributed by atoms with Crippen LogP contribution in [-0.2, 0) is 0 Å². The van der Waals surface area contributed by atoms with Gasteiger partial charge >= 0.3 is 0 Å². The number of hydrogen-bond donors (Lipinski definition) is 1. The van der Waals surface area contributed by atoms with Gasteiger partial charge in [0.25, 0.3) is 0 Å². The van der Waals surface area contributed by atoms with Crippen LogP contribution in [0.15, 0.2) is 0 Å². The second-order valence-electron chi connectivity index (χ2n) is 3.41. The first-order chi connectivity index (χ1) is 3.71. The largest absolute Gasteiger partial charge is 0.369 e. The topological polar surface area (TPSA) is 12.0 Å². The lowest BCUT2D eigenvalue weighted by atomic mass is 10.00. The van der Waals surface area contributed by atoms with Gasteiger partial charge in [0.15, 0.2) is 0 Å². The highest BCUT2D eigenvalue weighted by Gasteiger charge is 2.20. The maximum absolute atomic E-state index is 3.62. The van der Waals surface area contributed by atoms with Crippen LogP contribution in [0.1, 0.15) is 13.8 Å². The molecule has 3 heteroatoms. The van der Waals surface area contributed by atoms with Crippen LogP contribution >= 0.6 is 0 Å². The molecule has 0 aromatic rings. The van der Waals surface area contributed by atoms with Gasteiger partial charge < -0.3 is 4.65 Å². The zero-order chi connectivity index (χ0) is 6.04. The third-order valence-electron chi connectivity index (χ3n) is 1.96. The zero-order valence-corrected chi connectivity index (χ0v) is 8.66. The smallest absolute Gasteiger partial charge is 0.0850 e. The Hall–Kier alpha value is 0.394. The number of rotatable bonds is 0. The molecule has 0 aromatic carbocycles. The molecule has 0 aliphatic carbocycles. The van der Waals surface area contributed by atoms with Crippen molar-refractivity contribution in [2.75, 3.05) is 0 Å².